The van der Waals surface area contributed by atoms with Crippen LogP contribution in [0.1, 0.15) is 45.4 Å². The van der Waals surface area contributed by atoms with E-state index in [4.69, 9.17) is 0 Å². The highest BCUT2D eigenvalue weighted by Gasteiger charge is 2.14. The maximum Gasteiger partial charge on any atom is 0.219 e. The normalized spacial score (nSPS) is 11.3. The number of hydrogen-bond donors (Lipinski definition) is 1. The number of nitrogens with zero attached hydrogens (tertiary/aromatic N) is 1. The van der Waals surface area contributed by atoms with Crippen molar-refractivity contribution in [1.82, 2.24) is 5.32 Å². The standard InChI is InChI=1S/C14H28N2O3/c1-4-5-6-7-9-13(17)15-10-8-11-16(2,3)12-14(18)19/h4-12H2,1-3H3,(H-,15,17,18,19). The molecule has 19 heavy (non-hydrogen) atoms. The van der Waals surface area contributed by atoms with Crippen molar-refractivity contribution in [3.8, 4) is 0 Å². The largest absolute Gasteiger partial charge is 0.544 e. The number of nitrogens with one attached hydrogen (secondary N) is 1. The van der Waals surface area contributed by atoms with Gasteiger partial charge < -0.3 is 19.7 Å². The van der Waals surface area contributed by atoms with Gasteiger partial charge in [0, 0.05) is 19.4 Å². The number of carbonyl (C=O) groups excluding carboxylic acids is 2. The van der Waals surface area contributed by atoms with Crippen molar-refractivity contribution >= 4 is 11.9 Å². The molecule has 0 atom stereocenters. The van der Waals surface area contributed by atoms with E-state index in [1.54, 1.807) is 0 Å². The predicted octanol–water partition coefficient (Wildman–Crippen LogP) is 0.289. The molecular weight excluding hydrogens is 244 g/mol. The summed E-state index contributed by atoms with van der Waals surface area (Å²) in [5, 5.41) is 13.4. The fourth-order valence-electron chi connectivity index (χ4n) is 1.96. The van der Waals surface area contributed by atoms with Crippen molar-refractivity contribution in [2.45, 2.75) is 45.4 Å². The van der Waals surface area contributed by atoms with Crippen molar-refractivity contribution in [3.63, 3.8) is 0 Å². The minimum absolute atomic E-state index is 0.00492. The third-order valence-corrected chi connectivity index (χ3v) is 3.08. The topological polar surface area (TPSA) is 69.2 Å². The fourth-order valence-corrected chi connectivity index (χ4v) is 1.96. The number of likely N-dealkylation sites (N-methyl/N-ethyl adjacent to an activating group) is 1. The van der Waals surface area contributed by atoms with Gasteiger partial charge in [-0.1, -0.05) is 26.2 Å². The first-order valence-electron chi connectivity index (χ1n) is 7.16. The van der Waals surface area contributed by atoms with Crippen LogP contribution in [0.5, 0.6) is 0 Å². The molecule has 0 spiro atoms. The summed E-state index contributed by atoms with van der Waals surface area (Å²) >= 11 is 0. The Labute approximate surface area is 116 Å². The van der Waals surface area contributed by atoms with Crippen LogP contribution in [0.2, 0.25) is 0 Å². The molecule has 0 aromatic heterocycles. The van der Waals surface area contributed by atoms with Gasteiger partial charge in [-0.05, 0) is 6.42 Å². The number of quaternary nitrogens is 1. The Hall–Kier alpha value is -1.10. The summed E-state index contributed by atoms with van der Waals surface area (Å²) in [7, 11) is 3.70. The van der Waals surface area contributed by atoms with Crippen molar-refractivity contribution in [2.75, 3.05) is 33.7 Å². The summed E-state index contributed by atoms with van der Waals surface area (Å²) < 4.78 is 0.384. The molecule has 5 nitrogen and oxygen atoms in total. The molecule has 112 valence electrons. The summed E-state index contributed by atoms with van der Waals surface area (Å²) in [5.74, 6) is -0.939. The third kappa shape index (κ3) is 11.7. The zero-order chi connectivity index (χ0) is 14.7. The minimum Gasteiger partial charge on any atom is -0.544 e. The second-order valence-electron chi connectivity index (χ2n) is 5.70. The Morgan fingerprint density at radius 1 is 1.11 bits per heavy atom. The predicted molar refractivity (Wildman–Crippen MR) is 73.2 cm³/mol. The zero-order valence-corrected chi connectivity index (χ0v) is 12.5. The van der Waals surface area contributed by atoms with Crippen LogP contribution in [0.3, 0.4) is 0 Å². The minimum atomic E-state index is -1.04. The molecule has 0 radical (unpaired) electrons. The van der Waals surface area contributed by atoms with E-state index in [2.05, 4.69) is 12.2 Å². The molecule has 0 aromatic rings. The maximum atomic E-state index is 11.5. The first-order valence-corrected chi connectivity index (χ1v) is 7.16. The van der Waals surface area contributed by atoms with Gasteiger partial charge in [0.15, 0.2) is 0 Å². The van der Waals surface area contributed by atoms with Gasteiger partial charge in [0.05, 0.1) is 26.6 Å². The number of unbranched alkanes of at least 4 members (excludes halogenated alkanes) is 3. The Morgan fingerprint density at radius 3 is 2.37 bits per heavy atom. The highest BCUT2D eigenvalue weighted by atomic mass is 16.4. The lowest BCUT2D eigenvalue weighted by Crippen LogP contribution is -2.49. The molecule has 1 amide bonds. The summed E-state index contributed by atoms with van der Waals surface area (Å²) in [6.45, 7) is 3.48. The molecule has 0 aliphatic rings. The van der Waals surface area contributed by atoms with Crippen LogP contribution in [-0.2, 0) is 9.59 Å². The molecule has 5 heteroatoms. The highest BCUT2D eigenvalue weighted by Crippen LogP contribution is 2.02. The number of carboxylic acid groups (broad SMARTS) is 1. The van der Waals surface area contributed by atoms with Crippen molar-refractivity contribution < 1.29 is 19.2 Å². The van der Waals surface area contributed by atoms with E-state index in [0.29, 0.717) is 24.0 Å². The number of carboxylic acids is 1. The fraction of sp³-hybridized carbons (Fsp3) is 0.857. The van der Waals surface area contributed by atoms with E-state index in [0.717, 1.165) is 19.3 Å². The maximum absolute atomic E-state index is 11.5. The van der Waals surface area contributed by atoms with Crippen LogP contribution in [0.25, 0.3) is 0 Å². The number of carbonyl (C=O) groups is 2. The SMILES string of the molecule is CCCCCCC(=O)NCCC[N+](C)(C)CC(=O)[O-]. The number of rotatable bonds is 11. The Bertz CT molecular complexity index is 278. The molecule has 1 N–H and O–H groups in total. The molecular formula is C14H28N2O3. The van der Waals surface area contributed by atoms with Crippen LogP contribution >= 0.6 is 0 Å². The van der Waals surface area contributed by atoms with E-state index in [-0.39, 0.29) is 12.5 Å². The number of amides is 1. The molecule has 0 bridgehead atoms. The summed E-state index contributed by atoms with van der Waals surface area (Å²) in [6, 6.07) is 0. The third-order valence-electron chi connectivity index (χ3n) is 3.08. The van der Waals surface area contributed by atoms with Gasteiger partial charge in [0.25, 0.3) is 0 Å². The van der Waals surface area contributed by atoms with Crippen LogP contribution in [0.4, 0.5) is 0 Å². The summed E-state index contributed by atoms with van der Waals surface area (Å²) in [6.07, 6.45) is 5.79. The van der Waals surface area contributed by atoms with Crippen molar-refractivity contribution in [2.24, 2.45) is 0 Å². The smallest absolute Gasteiger partial charge is 0.219 e. The van der Waals surface area contributed by atoms with E-state index in [1.807, 2.05) is 14.1 Å². The van der Waals surface area contributed by atoms with E-state index < -0.39 is 5.97 Å². The molecule has 0 aliphatic carbocycles. The molecule has 0 unspecified atom stereocenters. The van der Waals surface area contributed by atoms with Crippen LogP contribution in [0, 0.1) is 0 Å². The van der Waals surface area contributed by atoms with Gasteiger partial charge in [-0.2, -0.15) is 0 Å². The lowest BCUT2D eigenvalue weighted by atomic mass is 10.1. The van der Waals surface area contributed by atoms with Gasteiger partial charge in [-0.25, -0.2) is 0 Å². The van der Waals surface area contributed by atoms with Crippen LogP contribution in [-0.4, -0.2) is 50.1 Å². The Kier molecular flexibility index (Phi) is 9.21. The van der Waals surface area contributed by atoms with Crippen molar-refractivity contribution in [1.29, 1.82) is 0 Å². The van der Waals surface area contributed by atoms with Crippen molar-refractivity contribution in [3.05, 3.63) is 0 Å². The average Bonchev–Trinajstić information content (AvgIpc) is 2.29. The first kappa shape index (κ1) is 17.9. The number of hydrogen-bond acceptors (Lipinski definition) is 3. The Morgan fingerprint density at radius 2 is 1.79 bits per heavy atom. The molecule has 0 saturated carbocycles. The zero-order valence-electron chi connectivity index (χ0n) is 12.5. The molecule has 0 heterocycles. The quantitative estimate of drug-likeness (QED) is 0.434. The highest BCUT2D eigenvalue weighted by molar-refractivity contribution is 5.75. The monoisotopic (exact) mass is 272 g/mol. The van der Waals surface area contributed by atoms with Gasteiger partial charge in [0.1, 0.15) is 6.54 Å². The molecule has 0 fully saturated rings. The summed E-state index contributed by atoms with van der Waals surface area (Å²) in [4.78, 5) is 22.0. The van der Waals surface area contributed by atoms with Gasteiger partial charge in [0.2, 0.25) is 5.91 Å². The second-order valence-corrected chi connectivity index (χ2v) is 5.70. The molecule has 0 saturated heterocycles. The first-order chi connectivity index (χ1) is 8.87. The lowest BCUT2D eigenvalue weighted by molar-refractivity contribution is -0.884. The van der Waals surface area contributed by atoms with Gasteiger partial charge in [-0.15, -0.1) is 0 Å². The Balaban J connectivity index is 3.57. The van der Waals surface area contributed by atoms with Gasteiger partial charge >= 0.3 is 0 Å². The van der Waals surface area contributed by atoms with Gasteiger partial charge in [-0.3, -0.25) is 4.79 Å². The lowest BCUT2D eigenvalue weighted by Gasteiger charge is -2.30. The number of aliphatic carboxylic acids is 1. The summed E-state index contributed by atoms with van der Waals surface area (Å²) in [5.41, 5.74) is 0. The molecule has 0 rings (SSSR count). The van der Waals surface area contributed by atoms with E-state index in [9.17, 15) is 14.7 Å². The molecule has 0 aromatic carbocycles. The van der Waals surface area contributed by atoms with Crippen LogP contribution in [0.15, 0.2) is 0 Å². The second kappa shape index (κ2) is 9.78. The van der Waals surface area contributed by atoms with E-state index in [1.165, 1.54) is 12.8 Å². The molecule has 0 aliphatic heterocycles. The average molecular weight is 272 g/mol. The van der Waals surface area contributed by atoms with E-state index >= 15 is 0 Å². The van der Waals surface area contributed by atoms with Crippen LogP contribution < -0.4 is 10.4 Å².